The molecule has 6 nitrogen and oxygen atoms in total. The standard InChI is InChI=1S/C15H18N4O2/c1-10-5-4-6-12(7-10)15(21)16-9-14(20)17-13-8-11(2)18-19(13)3/h4-8H,9H2,1-3H3,(H,16,21)(H,17,20). The molecule has 0 spiro atoms. The van der Waals surface area contributed by atoms with Crippen molar-refractivity contribution in [2.75, 3.05) is 11.9 Å². The number of amides is 2. The van der Waals surface area contributed by atoms with Gasteiger partial charge in [-0.1, -0.05) is 17.7 Å². The van der Waals surface area contributed by atoms with E-state index in [1.165, 1.54) is 0 Å². The summed E-state index contributed by atoms with van der Waals surface area (Å²) < 4.78 is 1.58. The second-order valence-corrected chi connectivity index (χ2v) is 4.89. The minimum Gasteiger partial charge on any atom is -0.343 e. The maximum absolute atomic E-state index is 11.9. The first kappa shape index (κ1) is 14.8. The van der Waals surface area contributed by atoms with Crippen LogP contribution >= 0.6 is 0 Å². The highest BCUT2D eigenvalue weighted by atomic mass is 16.2. The lowest BCUT2D eigenvalue weighted by Crippen LogP contribution is -2.33. The predicted octanol–water partition coefficient (Wildman–Crippen LogP) is 1.41. The van der Waals surface area contributed by atoms with Gasteiger partial charge in [-0.25, -0.2) is 0 Å². The largest absolute Gasteiger partial charge is 0.343 e. The van der Waals surface area contributed by atoms with Crippen molar-refractivity contribution < 1.29 is 9.59 Å². The summed E-state index contributed by atoms with van der Waals surface area (Å²) in [5.74, 6) is 0.0383. The van der Waals surface area contributed by atoms with E-state index in [0.717, 1.165) is 11.3 Å². The average molecular weight is 286 g/mol. The van der Waals surface area contributed by atoms with Crippen LogP contribution in [0.3, 0.4) is 0 Å². The third-order valence-electron chi connectivity index (χ3n) is 2.96. The molecular weight excluding hydrogens is 268 g/mol. The fourth-order valence-electron chi connectivity index (χ4n) is 1.96. The van der Waals surface area contributed by atoms with Crippen LogP contribution in [0.2, 0.25) is 0 Å². The van der Waals surface area contributed by atoms with Crippen molar-refractivity contribution in [1.29, 1.82) is 0 Å². The molecule has 0 fully saturated rings. The molecule has 0 atom stereocenters. The smallest absolute Gasteiger partial charge is 0.251 e. The SMILES string of the molecule is Cc1cccc(C(=O)NCC(=O)Nc2cc(C)nn2C)c1. The molecule has 21 heavy (non-hydrogen) atoms. The first-order valence-electron chi connectivity index (χ1n) is 6.61. The molecule has 0 unspecified atom stereocenters. The molecule has 1 aromatic carbocycles. The number of aromatic nitrogens is 2. The number of aryl methyl sites for hydroxylation is 3. The molecule has 2 rings (SSSR count). The molecule has 0 aliphatic heterocycles. The number of hydrogen-bond donors (Lipinski definition) is 2. The summed E-state index contributed by atoms with van der Waals surface area (Å²) in [5.41, 5.74) is 2.35. The van der Waals surface area contributed by atoms with E-state index in [1.54, 1.807) is 29.9 Å². The summed E-state index contributed by atoms with van der Waals surface area (Å²) >= 11 is 0. The van der Waals surface area contributed by atoms with Crippen LogP contribution in [0.25, 0.3) is 0 Å². The van der Waals surface area contributed by atoms with Crippen molar-refractivity contribution in [3.05, 3.63) is 47.2 Å². The maximum atomic E-state index is 11.9. The van der Waals surface area contributed by atoms with Crippen LogP contribution in [0.4, 0.5) is 5.82 Å². The summed E-state index contributed by atoms with van der Waals surface area (Å²) in [5, 5.41) is 9.42. The first-order valence-corrected chi connectivity index (χ1v) is 6.61. The number of rotatable bonds is 4. The van der Waals surface area contributed by atoms with Gasteiger partial charge in [0.2, 0.25) is 5.91 Å². The molecule has 0 aliphatic rings. The van der Waals surface area contributed by atoms with E-state index in [4.69, 9.17) is 0 Å². The lowest BCUT2D eigenvalue weighted by Gasteiger charge is -2.07. The van der Waals surface area contributed by atoms with Crippen LogP contribution in [-0.2, 0) is 11.8 Å². The van der Waals surface area contributed by atoms with Gasteiger partial charge in [0.15, 0.2) is 0 Å². The molecule has 2 N–H and O–H groups in total. The third-order valence-corrected chi connectivity index (χ3v) is 2.96. The molecule has 6 heteroatoms. The Kier molecular flexibility index (Phi) is 4.37. The van der Waals surface area contributed by atoms with E-state index < -0.39 is 0 Å². The van der Waals surface area contributed by atoms with Crippen LogP contribution in [0, 0.1) is 13.8 Å². The highest BCUT2D eigenvalue weighted by Gasteiger charge is 2.10. The maximum Gasteiger partial charge on any atom is 0.251 e. The summed E-state index contributed by atoms with van der Waals surface area (Å²) in [4.78, 5) is 23.7. The molecule has 110 valence electrons. The Morgan fingerprint density at radius 1 is 1.24 bits per heavy atom. The lowest BCUT2D eigenvalue weighted by molar-refractivity contribution is -0.115. The lowest BCUT2D eigenvalue weighted by atomic mass is 10.1. The highest BCUT2D eigenvalue weighted by Crippen LogP contribution is 2.07. The van der Waals surface area contributed by atoms with Gasteiger partial charge in [0.05, 0.1) is 12.2 Å². The third kappa shape index (κ3) is 3.92. The molecule has 1 aromatic heterocycles. The molecule has 2 aromatic rings. The molecule has 2 amide bonds. The van der Waals surface area contributed by atoms with Gasteiger partial charge >= 0.3 is 0 Å². The number of anilines is 1. The van der Waals surface area contributed by atoms with Gasteiger partial charge in [-0.15, -0.1) is 0 Å². The average Bonchev–Trinajstić information content (AvgIpc) is 2.74. The fraction of sp³-hybridized carbons (Fsp3) is 0.267. The van der Waals surface area contributed by atoms with Crippen molar-refractivity contribution >= 4 is 17.6 Å². The fourth-order valence-corrected chi connectivity index (χ4v) is 1.96. The molecule has 1 heterocycles. The quantitative estimate of drug-likeness (QED) is 0.892. The van der Waals surface area contributed by atoms with Crippen molar-refractivity contribution in [3.8, 4) is 0 Å². The summed E-state index contributed by atoms with van der Waals surface area (Å²) in [6.45, 7) is 3.67. The molecular formula is C15H18N4O2. The van der Waals surface area contributed by atoms with Crippen LogP contribution < -0.4 is 10.6 Å². The summed E-state index contributed by atoms with van der Waals surface area (Å²) in [6.07, 6.45) is 0. The second kappa shape index (κ2) is 6.21. The molecule has 0 aliphatic carbocycles. The monoisotopic (exact) mass is 286 g/mol. The number of benzene rings is 1. The molecule has 0 saturated carbocycles. The van der Waals surface area contributed by atoms with Crippen LogP contribution in [0.1, 0.15) is 21.6 Å². The Labute approximate surface area is 123 Å². The normalized spacial score (nSPS) is 10.2. The Hall–Kier alpha value is -2.63. The minimum absolute atomic E-state index is 0.0863. The van der Waals surface area contributed by atoms with Crippen molar-refractivity contribution in [2.24, 2.45) is 7.05 Å². The number of nitrogens with zero attached hydrogens (tertiary/aromatic N) is 2. The van der Waals surface area contributed by atoms with E-state index in [-0.39, 0.29) is 18.4 Å². The van der Waals surface area contributed by atoms with E-state index in [1.807, 2.05) is 26.0 Å². The molecule has 0 radical (unpaired) electrons. The summed E-state index contributed by atoms with van der Waals surface area (Å²) in [7, 11) is 1.74. The zero-order valence-corrected chi connectivity index (χ0v) is 12.3. The van der Waals surface area contributed by atoms with E-state index in [2.05, 4.69) is 15.7 Å². The summed E-state index contributed by atoms with van der Waals surface area (Å²) in [6, 6.07) is 8.97. The van der Waals surface area contributed by atoms with E-state index in [0.29, 0.717) is 11.4 Å². The zero-order chi connectivity index (χ0) is 15.4. The number of carbonyl (C=O) groups is 2. The van der Waals surface area contributed by atoms with Gasteiger partial charge in [-0.3, -0.25) is 14.3 Å². The molecule has 0 bridgehead atoms. The Morgan fingerprint density at radius 2 is 2.00 bits per heavy atom. The van der Waals surface area contributed by atoms with Gasteiger partial charge in [-0.05, 0) is 26.0 Å². The van der Waals surface area contributed by atoms with Gasteiger partial charge in [-0.2, -0.15) is 5.10 Å². The van der Waals surface area contributed by atoms with Crippen LogP contribution in [-0.4, -0.2) is 28.1 Å². The van der Waals surface area contributed by atoms with Gasteiger partial charge in [0.25, 0.3) is 5.91 Å². The van der Waals surface area contributed by atoms with Gasteiger partial charge in [0, 0.05) is 18.7 Å². The second-order valence-electron chi connectivity index (χ2n) is 4.89. The van der Waals surface area contributed by atoms with Crippen LogP contribution in [0.5, 0.6) is 0 Å². The predicted molar refractivity (Wildman–Crippen MR) is 80.1 cm³/mol. The number of nitrogens with one attached hydrogen (secondary N) is 2. The highest BCUT2D eigenvalue weighted by molar-refractivity contribution is 5.99. The van der Waals surface area contributed by atoms with E-state index >= 15 is 0 Å². The molecule has 0 saturated heterocycles. The minimum atomic E-state index is -0.293. The Bertz CT molecular complexity index is 676. The van der Waals surface area contributed by atoms with E-state index in [9.17, 15) is 9.59 Å². The Balaban J connectivity index is 1.89. The van der Waals surface area contributed by atoms with Gasteiger partial charge < -0.3 is 10.6 Å². The van der Waals surface area contributed by atoms with Gasteiger partial charge in [0.1, 0.15) is 5.82 Å². The topological polar surface area (TPSA) is 76.0 Å². The zero-order valence-electron chi connectivity index (χ0n) is 12.3. The first-order chi connectivity index (χ1) is 9.95. The van der Waals surface area contributed by atoms with Crippen molar-refractivity contribution in [1.82, 2.24) is 15.1 Å². The van der Waals surface area contributed by atoms with Crippen LogP contribution in [0.15, 0.2) is 30.3 Å². The van der Waals surface area contributed by atoms with Crippen molar-refractivity contribution in [2.45, 2.75) is 13.8 Å². The number of carbonyl (C=O) groups excluding carboxylic acids is 2. The van der Waals surface area contributed by atoms with Crippen molar-refractivity contribution in [3.63, 3.8) is 0 Å². The number of hydrogen-bond acceptors (Lipinski definition) is 3. The Morgan fingerprint density at radius 3 is 2.62 bits per heavy atom.